The minimum absolute atomic E-state index is 0.130. The number of pyridine rings is 1. The summed E-state index contributed by atoms with van der Waals surface area (Å²) >= 11 is 0. The molecule has 2 bridgehead atoms. The number of nitrogens with two attached hydrogens (primary N) is 1. The molecule has 0 aromatic carbocycles. The van der Waals surface area contributed by atoms with Crippen molar-refractivity contribution in [1.29, 1.82) is 0 Å². The van der Waals surface area contributed by atoms with E-state index in [1.165, 1.54) is 30.3 Å². The molecule has 1 amide bonds. The molecule has 8 heteroatoms. The van der Waals surface area contributed by atoms with Gasteiger partial charge in [-0.3, -0.25) is 19.1 Å². The summed E-state index contributed by atoms with van der Waals surface area (Å²) in [5.74, 6) is 0.600. The first kappa shape index (κ1) is 17.0. The van der Waals surface area contributed by atoms with Crippen LogP contribution in [0, 0.1) is 11.8 Å². The van der Waals surface area contributed by atoms with E-state index in [9.17, 15) is 14.4 Å². The van der Waals surface area contributed by atoms with Crippen LogP contribution in [0.25, 0.3) is 11.0 Å². The molecule has 4 N–H and O–H groups in total. The molecule has 8 nitrogen and oxygen atoms in total. The van der Waals surface area contributed by atoms with E-state index in [-0.39, 0.29) is 29.0 Å². The molecule has 2 fully saturated rings. The van der Waals surface area contributed by atoms with Crippen molar-refractivity contribution >= 4 is 16.9 Å². The van der Waals surface area contributed by atoms with Crippen LogP contribution >= 0.6 is 0 Å². The molecule has 0 saturated heterocycles. The predicted octanol–water partition coefficient (Wildman–Crippen LogP) is 0.258. The number of nitrogens with zero attached hydrogens (tertiary/aromatic N) is 2. The SMILES string of the molecule is Cn1c(=O)[nH]c(=O)c2cc(C(=O)NC3C4CCCC3CC(N)C4)cnc21. The average Bonchev–Trinajstić information content (AvgIpc) is 2.60. The van der Waals surface area contributed by atoms with Crippen molar-refractivity contribution in [2.45, 2.75) is 44.2 Å². The lowest BCUT2D eigenvalue weighted by atomic mass is 9.67. The molecule has 4 rings (SSSR count). The van der Waals surface area contributed by atoms with Gasteiger partial charge in [-0.05, 0) is 43.6 Å². The van der Waals surface area contributed by atoms with Crippen molar-refractivity contribution < 1.29 is 4.79 Å². The number of aromatic nitrogens is 3. The Morgan fingerprint density at radius 1 is 1.31 bits per heavy atom. The van der Waals surface area contributed by atoms with E-state index in [2.05, 4.69) is 15.3 Å². The van der Waals surface area contributed by atoms with Gasteiger partial charge in [-0.1, -0.05) is 6.42 Å². The van der Waals surface area contributed by atoms with Gasteiger partial charge in [0.15, 0.2) is 0 Å². The summed E-state index contributed by atoms with van der Waals surface area (Å²) in [7, 11) is 1.53. The third kappa shape index (κ3) is 2.84. The Kier molecular flexibility index (Phi) is 4.14. The van der Waals surface area contributed by atoms with E-state index in [0.717, 1.165) is 25.7 Å². The highest BCUT2D eigenvalue weighted by atomic mass is 16.2. The fourth-order valence-electron chi connectivity index (χ4n) is 4.62. The Morgan fingerprint density at radius 3 is 2.69 bits per heavy atom. The molecular weight excluding hydrogens is 334 g/mol. The molecule has 2 atom stereocenters. The highest BCUT2D eigenvalue weighted by Crippen LogP contribution is 2.39. The Bertz CT molecular complexity index is 965. The van der Waals surface area contributed by atoms with E-state index in [1.807, 2.05) is 0 Å². The van der Waals surface area contributed by atoms with Gasteiger partial charge in [0.1, 0.15) is 5.65 Å². The first-order valence-corrected chi connectivity index (χ1v) is 9.09. The zero-order chi connectivity index (χ0) is 18.4. The first-order valence-electron chi connectivity index (χ1n) is 9.09. The monoisotopic (exact) mass is 357 g/mol. The van der Waals surface area contributed by atoms with Crippen molar-refractivity contribution in [2.24, 2.45) is 24.6 Å². The maximum Gasteiger partial charge on any atom is 0.329 e. The van der Waals surface area contributed by atoms with Gasteiger partial charge in [0.05, 0.1) is 10.9 Å². The lowest BCUT2D eigenvalue weighted by Gasteiger charge is -2.45. The summed E-state index contributed by atoms with van der Waals surface area (Å²) < 4.78 is 1.26. The van der Waals surface area contributed by atoms with E-state index >= 15 is 0 Å². The van der Waals surface area contributed by atoms with Crippen LogP contribution in [0.2, 0.25) is 0 Å². The zero-order valence-electron chi connectivity index (χ0n) is 14.7. The number of nitrogens with one attached hydrogen (secondary N) is 2. The van der Waals surface area contributed by atoms with Gasteiger partial charge in [-0.2, -0.15) is 0 Å². The maximum absolute atomic E-state index is 12.8. The Morgan fingerprint density at radius 2 is 2.00 bits per heavy atom. The van der Waals surface area contributed by atoms with Crippen molar-refractivity contribution in [1.82, 2.24) is 19.9 Å². The van der Waals surface area contributed by atoms with Gasteiger partial charge >= 0.3 is 5.69 Å². The highest BCUT2D eigenvalue weighted by molar-refractivity contribution is 5.96. The van der Waals surface area contributed by atoms with Gasteiger partial charge in [-0.15, -0.1) is 0 Å². The van der Waals surface area contributed by atoms with E-state index in [1.54, 1.807) is 0 Å². The van der Waals surface area contributed by atoms with Gasteiger partial charge in [-0.25, -0.2) is 9.78 Å². The van der Waals surface area contributed by atoms with Crippen LogP contribution in [0.15, 0.2) is 21.9 Å². The van der Waals surface area contributed by atoms with Crippen molar-refractivity contribution in [3.05, 3.63) is 38.7 Å². The molecule has 2 aromatic heterocycles. The molecule has 2 unspecified atom stereocenters. The van der Waals surface area contributed by atoms with Gasteiger partial charge in [0, 0.05) is 25.3 Å². The van der Waals surface area contributed by atoms with E-state index in [0.29, 0.717) is 17.4 Å². The third-order valence-corrected chi connectivity index (χ3v) is 5.89. The summed E-state index contributed by atoms with van der Waals surface area (Å²) in [4.78, 5) is 42.9. The van der Waals surface area contributed by atoms with E-state index in [4.69, 9.17) is 5.73 Å². The van der Waals surface area contributed by atoms with E-state index < -0.39 is 11.2 Å². The van der Waals surface area contributed by atoms with Gasteiger partial charge < -0.3 is 11.1 Å². The fraction of sp³-hybridized carbons (Fsp3) is 0.556. The average molecular weight is 357 g/mol. The molecule has 26 heavy (non-hydrogen) atoms. The quantitative estimate of drug-likeness (QED) is 0.711. The summed E-state index contributed by atoms with van der Waals surface area (Å²) in [6.45, 7) is 0. The minimum atomic E-state index is -0.536. The molecule has 2 aliphatic carbocycles. The van der Waals surface area contributed by atoms with Crippen LogP contribution in [0.1, 0.15) is 42.5 Å². The molecular formula is C18H23N5O3. The number of carbonyl (C=O) groups is 1. The molecule has 0 aliphatic heterocycles. The number of rotatable bonds is 2. The molecule has 0 radical (unpaired) electrons. The van der Waals surface area contributed by atoms with Crippen molar-refractivity contribution in [2.75, 3.05) is 0 Å². The molecule has 2 saturated carbocycles. The number of hydrogen-bond acceptors (Lipinski definition) is 5. The molecule has 2 aromatic rings. The zero-order valence-corrected chi connectivity index (χ0v) is 14.7. The highest BCUT2D eigenvalue weighted by Gasteiger charge is 2.40. The first-order chi connectivity index (χ1) is 12.4. The summed E-state index contributed by atoms with van der Waals surface area (Å²) in [5.41, 5.74) is 5.67. The summed E-state index contributed by atoms with van der Waals surface area (Å²) in [6.07, 6.45) is 6.68. The molecule has 2 heterocycles. The number of fused-ring (bicyclic) bond motifs is 3. The van der Waals surface area contributed by atoms with Gasteiger partial charge in [0.25, 0.3) is 11.5 Å². The molecule has 138 valence electrons. The molecule has 2 aliphatic rings. The second-order valence-corrected chi connectivity index (χ2v) is 7.60. The number of H-pyrrole nitrogens is 1. The number of amides is 1. The lowest BCUT2D eigenvalue weighted by Crippen LogP contribution is -2.53. The van der Waals surface area contributed by atoms with Crippen LogP contribution in [0.3, 0.4) is 0 Å². The number of aromatic amines is 1. The Balaban J connectivity index is 1.63. The normalized spacial score (nSPS) is 28.1. The number of aryl methyl sites for hydroxylation is 1. The van der Waals surface area contributed by atoms with Crippen molar-refractivity contribution in [3.63, 3.8) is 0 Å². The van der Waals surface area contributed by atoms with Crippen LogP contribution < -0.4 is 22.3 Å². The van der Waals surface area contributed by atoms with Gasteiger partial charge in [0.2, 0.25) is 0 Å². The lowest BCUT2D eigenvalue weighted by molar-refractivity contribution is 0.0756. The number of hydrogen-bond donors (Lipinski definition) is 3. The van der Waals surface area contributed by atoms with Crippen LogP contribution in [-0.2, 0) is 7.05 Å². The van der Waals surface area contributed by atoms with Crippen LogP contribution in [0.4, 0.5) is 0 Å². The third-order valence-electron chi connectivity index (χ3n) is 5.89. The topological polar surface area (TPSA) is 123 Å². The summed E-state index contributed by atoms with van der Waals surface area (Å²) in [6, 6.07) is 1.85. The maximum atomic E-state index is 12.8. The predicted molar refractivity (Wildman–Crippen MR) is 96.9 cm³/mol. The van der Waals surface area contributed by atoms with Crippen LogP contribution in [-0.4, -0.2) is 32.5 Å². The van der Waals surface area contributed by atoms with Crippen molar-refractivity contribution in [3.8, 4) is 0 Å². The minimum Gasteiger partial charge on any atom is -0.349 e. The smallest absolute Gasteiger partial charge is 0.329 e. The molecule has 0 spiro atoms. The number of carbonyl (C=O) groups excluding carboxylic acids is 1. The standard InChI is InChI=1S/C18H23N5O3/c1-23-15-13(17(25)22-18(23)26)7-11(8-20-15)16(24)21-14-9-3-2-4-10(14)6-12(19)5-9/h7-10,12,14H,2-6,19H2,1H3,(H,21,24)(H,22,25,26). The van der Waals surface area contributed by atoms with Crippen LogP contribution in [0.5, 0.6) is 0 Å². The Labute approximate surface area is 149 Å². The second kappa shape index (κ2) is 6.35. The summed E-state index contributed by atoms with van der Waals surface area (Å²) in [5, 5.41) is 3.38. The fourth-order valence-corrected chi connectivity index (χ4v) is 4.62. The second-order valence-electron chi connectivity index (χ2n) is 7.60. The largest absolute Gasteiger partial charge is 0.349 e. The Hall–Kier alpha value is -2.48.